The summed E-state index contributed by atoms with van der Waals surface area (Å²) in [5.41, 5.74) is 29.3. The number of fused-ring (bicyclic) bond motifs is 9. The Morgan fingerprint density at radius 2 is 0.644 bits per heavy atom. The van der Waals surface area contributed by atoms with Crippen molar-refractivity contribution in [3.05, 3.63) is 271 Å². The van der Waals surface area contributed by atoms with Crippen molar-refractivity contribution in [3.8, 4) is 44.9 Å². The van der Waals surface area contributed by atoms with Crippen molar-refractivity contribution in [3.63, 3.8) is 0 Å². The van der Waals surface area contributed by atoms with E-state index in [1.807, 2.05) is 0 Å². The van der Waals surface area contributed by atoms with Crippen molar-refractivity contribution in [1.29, 1.82) is 0 Å². The monoisotopic (exact) mass is 1330 g/mol. The fourth-order valence-electron chi connectivity index (χ4n) is 14.9. The quantitative estimate of drug-likeness (QED) is 0.0430. The first kappa shape index (κ1) is 73.0. The maximum Gasteiger partial charge on any atom is 0.161 e. The van der Waals surface area contributed by atoms with Crippen LogP contribution in [0.4, 0.5) is 0 Å². The van der Waals surface area contributed by atoms with E-state index in [0.717, 1.165) is 36.3 Å². The van der Waals surface area contributed by atoms with Crippen molar-refractivity contribution in [2.24, 2.45) is 11.8 Å². The highest BCUT2D eigenvalue weighted by Gasteiger charge is 2.23. The van der Waals surface area contributed by atoms with Gasteiger partial charge in [0.15, 0.2) is 11.5 Å². The molecule has 2 nitrogen and oxygen atoms in total. The van der Waals surface area contributed by atoms with Crippen LogP contribution in [0.5, 0.6) is 11.5 Å². The molecule has 0 bridgehead atoms. The Labute approximate surface area is 605 Å². The van der Waals surface area contributed by atoms with E-state index < -0.39 is 0 Å². The van der Waals surface area contributed by atoms with Crippen molar-refractivity contribution in [1.82, 2.24) is 0 Å². The Kier molecular flexibility index (Phi) is 23.6. The van der Waals surface area contributed by atoms with Crippen LogP contribution in [0.15, 0.2) is 182 Å². The number of rotatable bonds is 20. The largest absolute Gasteiger partial charge is 0.489 e. The number of ether oxygens (including phenoxy) is 2. The van der Waals surface area contributed by atoms with Crippen molar-refractivity contribution in [2.45, 2.75) is 182 Å². The molecule has 0 aliphatic rings. The van der Waals surface area contributed by atoms with Gasteiger partial charge in [0, 0.05) is 0 Å². The highest BCUT2D eigenvalue weighted by Crippen LogP contribution is 2.48. The molecule has 13 aromatic carbocycles. The smallest absolute Gasteiger partial charge is 0.161 e. The second-order valence-electron chi connectivity index (χ2n) is 30.1. The number of aryl methyl sites for hydroxylation is 14. The Hall–Kier alpha value is -9.24. The SMILES string of the molecule is CCC(C)COc1ccc(/C=C/c2c(C)c3cc(C)ccc3c3ccc(C)cc23)cc1OCC(C)CC.CCCCCCCCc1c(-c2cc(C)ccc2C)c2cc(C)ccc2c2ccc(C)cc12.Cc1ccc(C)c(-c2c(-c3cc(C)ccc3C)c3cc(C)ccc3c3ccc(C)cc23)c1. The Balaban J connectivity index is 0.000000153. The summed E-state index contributed by atoms with van der Waals surface area (Å²) in [5, 5.41) is 16.2. The molecule has 0 saturated heterocycles. The average molecular weight is 1330 g/mol. The van der Waals surface area contributed by atoms with Gasteiger partial charge in [-0.1, -0.05) is 312 Å². The van der Waals surface area contributed by atoms with Gasteiger partial charge in [0.25, 0.3) is 0 Å². The maximum absolute atomic E-state index is 6.27. The minimum absolute atomic E-state index is 0.500. The van der Waals surface area contributed by atoms with Crippen LogP contribution in [0.1, 0.15) is 175 Å². The molecule has 0 fully saturated rings. The van der Waals surface area contributed by atoms with E-state index in [4.69, 9.17) is 9.47 Å². The van der Waals surface area contributed by atoms with Gasteiger partial charge in [0.2, 0.25) is 0 Å². The predicted molar refractivity (Wildman–Crippen MR) is 445 cm³/mol. The van der Waals surface area contributed by atoms with Gasteiger partial charge in [-0.2, -0.15) is 0 Å². The van der Waals surface area contributed by atoms with Gasteiger partial charge in [-0.25, -0.2) is 0 Å². The van der Waals surface area contributed by atoms with E-state index in [0.29, 0.717) is 25.0 Å². The molecule has 13 aromatic rings. The number of benzene rings is 13. The van der Waals surface area contributed by atoms with Gasteiger partial charge in [-0.3, -0.25) is 0 Å². The van der Waals surface area contributed by atoms with E-state index in [2.05, 4.69) is 319 Å². The molecule has 0 heterocycles. The third-order valence-corrected chi connectivity index (χ3v) is 21.3. The Bertz CT molecular complexity index is 5090. The van der Waals surface area contributed by atoms with Crippen LogP contribution in [0, 0.1) is 102 Å². The molecule has 2 heteroatoms. The standard InChI is InChI=1S/C35H42O2.C32H30.C32H38/c1-8-23(3)21-36-34-17-13-28(20-35(34)37-22-24(4)9-2)12-16-29-27(7)32-18-25(5)10-14-30(32)31-15-11-26(6)19-33(29)31;1-19-7-11-23(5)27(15-19)31-29-17-21(3)9-13-25(29)26-14-10-22(4)18-30(26)32(31)28-16-20(2)8-12-24(28)6;1-6-7-8-9-10-11-12-28-30-20-23(3)14-17-26(30)27-18-15-24(4)21-31(27)32(28)29-19-22(2)13-16-25(29)5/h10-20,23-24H,8-9,21-22H2,1-7H3;7-18H,1-6H3;13-21H,6-12H2,1-5H3/b16-12+;;. The minimum Gasteiger partial charge on any atom is -0.489 e. The molecule has 2 atom stereocenters. The molecule has 13 rings (SSSR count). The first-order chi connectivity index (χ1) is 48.6. The van der Waals surface area contributed by atoms with E-state index in [-0.39, 0.29) is 0 Å². The highest BCUT2D eigenvalue weighted by molar-refractivity contribution is 6.23. The zero-order chi connectivity index (χ0) is 71.8. The molecule has 0 aromatic heterocycles. The lowest BCUT2D eigenvalue weighted by molar-refractivity contribution is 0.217. The zero-order valence-electron chi connectivity index (χ0n) is 64.2. The lowest BCUT2D eigenvalue weighted by Crippen LogP contribution is -2.11. The van der Waals surface area contributed by atoms with Crippen LogP contribution >= 0.6 is 0 Å². The van der Waals surface area contributed by atoms with Crippen LogP contribution in [0.3, 0.4) is 0 Å². The molecule has 0 aliphatic heterocycles. The Morgan fingerprint density at radius 1 is 0.297 bits per heavy atom. The molecule has 0 aliphatic carbocycles. The molecular weight excluding hydrogens is 1220 g/mol. The molecule has 101 heavy (non-hydrogen) atoms. The summed E-state index contributed by atoms with van der Waals surface area (Å²) < 4.78 is 12.4. The first-order valence-electron chi connectivity index (χ1n) is 37.8. The average Bonchev–Trinajstić information content (AvgIpc) is 0.737. The number of hydrogen-bond donors (Lipinski definition) is 0. The predicted octanol–water partition coefficient (Wildman–Crippen LogP) is 28.9. The summed E-state index contributed by atoms with van der Waals surface area (Å²) in [5.74, 6) is 2.68. The molecule has 0 spiro atoms. The summed E-state index contributed by atoms with van der Waals surface area (Å²) in [4.78, 5) is 0. The molecule has 0 N–H and O–H groups in total. The van der Waals surface area contributed by atoms with Gasteiger partial charge in [0.1, 0.15) is 0 Å². The van der Waals surface area contributed by atoms with Gasteiger partial charge >= 0.3 is 0 Å². The molecule has 518 valence electrons. The van der Waals surface area contributed by atoms with Crippen LogP contribution in [-0.2, 0) is 6.42 Å². The lowest BCUT2D eigenvalue weighted by Gasteiger charge is -2.22. The molecule has 0 saturated carbocycles. The summed E-state index contributed by atoms with van der Waals surface area (Å²) in [7, 11) is 0. The van der Waals surface area contributed by atoms with Gasteiger partial charge in [-0.05, 0) is 264 Å². The third kappa shape index (κ3) is 16.6. The van der Waals surface area contributed by atoms with Crippen LogP contribution in [0.25, 0.3) is 110 Å². The molecular formula is C99H110O2. The fraction of sp³-hybridized carbons (Fsp3) is 0.313. The molecule has 2 unspecified atom stereocenters. The molecule has 0 amide bonds. The maximum atomic E-state index is 6.27. The summed E-state index contributed by atoms with van der Waals surface area (Å²) >= 11 is 0. The van der Waals surface area contributed by atoms with E-state index >= 15 is 0 Å². The number of unbranched alkanes of at least 4 members (excludes halogenated alkanes) is 5. The van der Waals surface area contributed by atoms with Crippen molar-refractivity contribution >= 4 is 76.8 Å². The summed E-state index contributed by atoms with van der Waals surface area (Å²) in [6, 6.07) is 68.4. The Morgan fingerprint density at radius 3 is 1.10 bits per heavy atom. The van der Waals surface area contributed by atoms with Gasteiger partial charge in [0.05, 0.1) is 13.2 Å². The summed E-state index contributed by atoms with van der Waals surface area (Å²) in [6.45, 7) is 41.3. The van der Waals surface area contributed by atoms with Gasteiger partial charge < -0.3 is 9.47 Å². The number of hydrogen-bond acceptors (Lipinski definition) is 2. The topological polar surface area (TPSA) is 18.5 Å². The van der Waals surface area contributed by atoms with Crippen LogP contribution in [0.2, 0.25) is 0 Å². The minimum atomic E-state index is 0.500. The lowest BCUT2D eigenvalue weighted by atomic mass is 9.81. The third-order valence-electron chi connectivity index (χ3n) is 21.3. The summed E-state index contributed by atoms with van der Waals surface area (Å²) in [6.07, 6.45) is 15.8. The second-order valence-corrected chi connectivity index (χ2v) is 30.1. The van der Waals surface area contributed by atoms with Crippen LogP contribution in [-0.4, -0.2) is 13.2 Å². The molecule has 0 radical (unpaired) electrons. The van der Waals surface area contributed by atoms with Gasteiger partial charge in [-0.15, -0.1) is 0 Å². The highest BCUT2D eigenvalue weighted by atomic mass is 16.5. The van der Waals surface area contributed by atoms with E-state index in [1.165, 1.54) is 214 Å². The van der Waals surface area contributed by atoms with E-state index in [9.17, 15) is 0 Å². The second kappa shape index (κ2) is 32.6. The van der Waals surface area contributed by atoms with Crippen LogP contribution < -0.4 is 9.47 Å². The van der Waals surface area contributed by atoms with Crippen molar-refractivity contribution in [2.75, 3.05) is 13.2 Å². The fourth-order valence-corrected chi connectivity index (χ4v) is 14.9. The zero-order valence-corrected chi connectivity index (χ0v) is 64.2. The van der Waals surface area contributed by atoms with Crippen molar-refractivity contribution < 1.29 is 9.47 Å². The van der Waals surface area contributed by atoms with E-state index in [1.54, 1.807) is 5.56 Å². The first-order valence-corrected chi connectivity index (χ1v) is 37.8. The normalized spacial score (nSPS) is 12.2.